The lowest BCUT2D eigenvalue weighted by Crippen LogP contribution is -2.38. The zero-order chi connectivity index (χ0) is 21.3. The average Bonchev–Trinajstić information content (AvgIpc) is 2.75. The molecule has 0 aliphatic carbocycles. The lowest BCUT2D eigenvalue weighted by atomic mass is 10.0. The Balaban J connectivity index is 1.53. The molecule has 1 aliphatic rings. The van der Waals surface area contributed by atoms with E-state index in [0.717, 1.165) is 49.7 Å². The Morgan fingerprint density at radius 2 is 1.77 bits per heavy atom. The minimum Gasteiger partial charge on any atom is -0.426 e. The standard InChI is InChI=1S/C25H31FO4/c1-3-5-6-8-24-28-16-20(17-29-24)25(27)30-21-12-10-19(11-13-21)22-14-9-18(7-4-2)15-23(22)26/h9-15,20,24H,3-8,16-17H2,1-2H3. The summed E-state index contributed by atoms with van der Waals surface area (Å²) in [5, 5.41) is 0. The Hall–Kier alpha value is -2.24. The van der Waals surface area contributed by atoms with E-state index in [-0.39, 0.29) is 18.1 Å². The van der Waals surface area contributed by atoms with Crippen LogP contribution in [-0.2, 0) is 20.7 Å². The number of hydrogen-bond donors (Lipinski definition) is 0. The summed E-state index contributed by atoms with van der Waals surface area (Å²) >= 11 is 0. The summed E-state index contributed by atoms with van der Waals surface area (Å²) in [6, 6.07) is 12.2. The Bertz CT molecular complexity index is 810. The molecule has 0 N–H and O–H groups in total. The summed E-state index contributed by atoms with van der Waals surface area (Å²) in [7, 11) is 0. The number of esters is 1. The fourth-order valence-electron chi connectivity index (χ4n) is 3.55. The third-order valence-corrected chi connectivity index (χ3v) is 5.30. The molecule has 0 unspecified atom stereocenters. The second kappa shape index (κ2) is 11.2. The molecule has 162 valence electrons. The van der Waals surface area contributed by atoms with Gasteiger partial charge < -0.3 is 14.2 Å². The normalized spacial score (nSPS) is 18.9. The Labute approximate surface area is 178 Å². The maximum Gasteiger partial charge on any atom is 0.319 e. The molecule has 0 amide bonds. The first kappa shape index (κ1) is 22.4. The predicted molar refractivity (Wildman–Crippen MR) is 115 cm³/mol. The lowest BCUT2D eigenvalue weighted by molar-refractivity contribution is -0.208. The Morgan fingerprint density at radius 1 is 1.03 bits per heavy atom. The van der Waals surface area contributed by atoms with Crippen molar-refractivity contribution in [2.75, 3.05) is 13.2 Å². The van der Waals surface area contributed by atoms with Crippen LogP contribution < -0.4 is 4.74 Å². The number of aryl methyl sites for hydroxylation is 1. The van der Waals surface area contributed by atoms with Crippen molar-refractivity contribution in [3.63, 3.8) is 0 Å². The highest BCUT2D eigenvalue weighted by Gasteiger charge is 2.29. The van der Waals surface area contributed by atoms with E-state index in [9.17, 15) is 9.18 Å². The Kier molecular flexibility index (Phi) is 8.40. The van der Waals surface area contributed by atoms with Gasteiger partial charge in [-0.15, -0.1) is 0 Å². The van der Waals surface area contributed by atoms with Gasteiger partial charge in [-0.05, 0) is 48.6 Å². The first-order valence-corrected chi connectivity index (χ1v) is 10.9. The number of carbonyl (C=O) groups is 1. The van der Waals surface area contributed by atoms with Crippen LogP contribution in [0.3, 0.4) is 0 Å². The van der Waals surface area contributed by atoms with Gasteiger partial charge in [0.2, 0.25) is 0 Å². The third-order valence-electron chi connectivity index (χ3n) is 5.30. The lowest BCUT2D eigenvalue weighted by Gasteiger charge is -2.28. The number of halogens is 1. The predicted octanol–water partition coefficient (Wildman–Crippen LogP) is 5.92. The number of benzene rings is 2. The highest BCUT2D eigenvalue weighted by Crippen LogP contribution is 2.27. The van der Waals surface area contributed by atoms with Crippen LogP contribution in [0.2, 0.25) is 0 Å². The first-order chi connectivity index (χ1) is 14.6. The van der Waals surface area contributed by atoms with Gasteiger partial charge in [0.15, 0.2) is 6.29 Å². The van der Waals surface area contributed by atoms with Crippen molar-refractivity contribution in [2.24, 2.45) is 5.92 Å². The van der Waals surface area contributed by atoms with E-state index in [1.807, 2.05) is 6.07 Å². The molecule has 1 saturated heterocycles. The van der Waals surface area contributed by atoms with E-state index in [1.54, 1.807) is 36.4 Å². The summed E-state index contributed by atoms with van der Waals surface area (Å²) in [4.78, 5) is 12.4. The van der Waals surface area contributed by atoms with Crippen molar-refractivity contribution >= 4 is 5.97 Å². The van der Waals surface area contributed by atoms with Crippen LogP contribution in [0, 0.1) is 11.7 Å². The summed E-state index contributed by atoms with van der Waals surface area (Å²) in [6.07, 6.45) is 5.83. The first-order valence-electron chi connectivity index (χ1n) is 10.9. The molecule has 3 rings (SSSR count). The molecule has 0 spiro atoms. The quantitative estimate of drug-likeness (QED) is 0.290. The molecule has 0 aromatic heterocycles. The van der Waals surface area contributed by atoms with Crippen LogP contribution in [-0.4, -0.2) is 25.5 Å². The van der Waals surface area contributed by atoms with Crippen molar-refractivity contribution in [1.82, 2.24) is 0 Å². The molecule has 4 nitrogen and oxygen atoms in total. The third kappa shape index (κ3) is 6.13. The fraction of sp³-hybridized carbons (Fsp3) is 0.480. The zero-order valence-corrected chi connectivity index (χ0v) is 17.9. The highest BCUT2D eigenvalue weighted by molar-refractivity contribution is 5.76. The molecule has 0 radical (unpaired) electrons. The minimum absolute atomic E-state index is 0.224. The molecule has 5 heteroatoms. The van der Waals surface area contributed by atoms with Gasteiger partial charge in [-0.3, -0.25) is 4.79 Å². The van der Waals surface area contributed by atoms with Crippen LogP contribution in [0.15, 0.2) is 42.5 Å². The maximum absolute atomic E-state index is 14.4. The van der Waals surface area contributed by atoms with Crippen molar-refractivity contribution in [3.05, 3.63) is 53.8 Å². The van der Waals surface area contributed by atoms with E-state index in [1.165, 1.54) is 0 Å². The monoisotopic (exact) mass is 414 g/mol. The molecular weight excluding hydrogens is 383 g/mol. The molecule has 2 aromatic rings. The molecule has 0 saturated carbocycles. The molecular formula is C25H31FO4. The molecule has 1 aliphatic heterocycles. The van der Waals surface area contributed by atoms with Gasteiger partial charge in [-0.2, -0.15) is 0 Å². The van der Waals surface area contributed by atoms with Gasteiger partial charge in [0, 0.05) is 5.56 Å². The molecule has 30 heavy (non-hydrogen) atoms. The maximum atomic E-state index is 14.4. The van der Waals surface area contributed by atoms with E-state index in [4.69, 9.17) is 14.2 Å². The van der Waals surface area contributed by atoms with E-state index in [0.29, 0.717) is 24.5 Å². The largest absolute Gasteiger partial charge is 0.426 e. The van der Waals surface area contributed by atoms with E-state index < -0.39 is 5.92 Å². The topological polar surface area (TPSA) is 44.8 Å². The minimum atomic E-state index is -0.435. The summed E-state index contributed by atoms with van der Waals surface area (Å²) < 4.78 is 31.2. The zero-order valence-electron chi connectivity index (χ0n) is 17.9. The van der Waals surface area contributed by atoms with Crippen molar-refractivity contribution < 1.29 is 23.4 Å². The summed E-state index contributed by atoms with van der Waals surface area (Å²) in [5.41, 5.74) is 2.28. The average molecular weight is 415 g/mol. The van der Waals surface area contributed by atoms with Gasteiger partial charge in [0.05, 0.1) is 13.2 Å². The summed E-state index contributed by atoms with van der Waals surface area (Å²) in [6.45, 7) is 4.84. The van der Waals surface area contributed by atoms with Crippen molar-refractivity contribution in [2.45, 2.75) is 58.7 Å². The van der Waals surface area contributed by atoms with Gasteiger partial charge in [0.25, 0.3) is 0 Å². The molecule has 0 bridgehead atoms. The van der Waals surface area contributed by atoms with Crippen molar-refractivity contribution in [1.29, 1.82) is 0 Å². The second-order valence-electron chi connectivity index (χ2n) is 7.80. The number of hydrogen-bond acceptors (Lipinski definition) is 4. The molecule has 0 atom stereocenters. The molecule has 2 aromatic carbocycles. The van der Waals surface area contributed by atoms with Crippen LogP contribution in [0.5, 0.6) is 5.75 Å². The summed E-state index contributed by atoms with van der Waals surface area (Å²) in [5.74, 6) is -0.618. The SMILES string of the molecule is CCCCCC1OCC(C(=O)Oc2ccc(-c3ccc(CCC)cc3F)cc2)CO1. The smallest absolute Gasteiger partial charge is 0.319 e. The second-order valence-corrected chi connectivity index (χ2v) is 7.80. The van der Waals surface area contributed by atoms with Gasteiger partial charge in [0.1, 0.15) is 17.5 Å². The van der Waals surface area contributed by atoms with Crippen LogP contribution in [0.25, 0.3) is 11.1 Å². The molecule has 1 fully saturated rings. The Morgan fingerprint density at radius 3 is 2.40 bits per heavy atom. The van der Waals surface area contributed by atoms with E-state index in [2.05, 4.69) is 13.8 Å². The molecule has 1 heterocycles. The van der Waals surface area contributed by atoms with Crippen LogP contribution >= 0.6 is 0 Å². The van der Waals surface area contributed by atoms with Gasteiger partial charge in [-0.25, -0.2) is 4.39 Å². The number of unbranched alkanes of at least 4 members (excludes halogenated alkanes) is 2. The van der Waals surface area contributed by atoms with Gasteiger partial charge >= 0.3 is 5.97 Å². The van der Waals surface area contributed by atoms with Crippen LogP contribution in [0.1, 0.15) is 51.5 Å². The van der Waals surface area contributed by atoms with Crippen LogP contribution in [0.4, 0.5) is 4.39 Å². The van der Waals surface area contributed by atoms with Gasteiger partial charge in [-0.1, -0.05) is 57.4 Å². The number of ether oxygens (including phenoxy) is 3. The van der Waals surface area contributed by atoms with Crippen molar-refractivity contribution in [3.8, 4) is 16.9 Å². The highest BCUT2D eigenvalue weighted by atomic mass is 19.1. The van der Waals surface area contributed by atoms with E-state index >= 15 is 0 Å². The number of carbonyl (C=O) groups excluding carboxylic acids is 1. The fourth-order valence-corrected chi connectivity index (χ4v) is 3.55. The number of rotatable bonds is 9.